The van der Waals surface area contributed by atoms with Crippen LogP contribution in [0.3, 0.4) is 0 Å². The zero-order valence-electron chi connectivity index (χ0n) is 13.2. The molecule has 0 spiro atoms. The number of nitriles is 1. The SMILES string of the molecule is COc1cc(/C=C(\C#N)C(=O)NC2CCCCC2)ccc1C. The topological polar surface area (TPSA) is 62.1 Å². The van der Waals surface area contributed by atoms with Crippen molar-refractivity contribution in [1.82, 2.24) is 5.32 Å². The molecular formula is C18H22N2O2. The van der Waals surface area contributed by atoms with E-state index >= 15 is 0 Å². The second-order valence-corrected chi connectivity index (χ2v) is 5.71. The molecular weight excluding hydrogens is 276 g/mol. The highest BCUT2D eigenvalue weighted by atomic mass is 16.5. The Morgan fingerprint density at radius 1 is 1.36 bits per heavy atom. The van der Waals surface area contributed by atoms with E-state index in [9.17, 15) is 10.1 Å². The molecule has 1 saturated carbocycles. The summed E-state index contributed by atoms with van der Waals surface area (Å²) in [4.78, 5) is 12.2. The van der Waals surface area contributed by atoms with Crippen LogP contribution < -0.4 is 10.1 Å². The van der Waals surface area contributed by atoms with Gasteiger partial charge in [-0.25, -0.2) is 0 Å². The minimum Gasteiger partial charge on any atom is -0.496 e. The number of carbonyl (C=O) groups is 1. The molecule has 1 N–H and O–H groups in total. The lowest BCUT2D eigenvalue weighted by Gasteiger charge is -2.22. The normalized spacial score (nSPS) is 16.0. The Morgan fingerprint density at radius 3 is 2.73 bits per heavy atom. The molecule has 1 amide bonds. The highest BCUT2D eigenvalue weighted by Gasteiger charge is 2.18. The molecule has 4 nitrogen and oxygen atoms in total. The average molecular weight is 298 g/mol. The molecule has 1 aliphatic rings. The quantitative estimate of drug-likeness (QED) is 0.685. The maximum Gasteiger partial charge on any atom is 0.262 e. The molecule has 0 aliphatic heterocycles. The summed E-state index contributed by atoms with van der Waals surface area (Å²) in [5.41, 5.74) is 1.94. The summed E-state index contributed by atoms with van der Waals surface area (Å²) < 4.78 is 5.27. The zero-order valence-corrected chi connectivity index (χ0v) is 13.2. The summed E-state index contributed by atoms with van der Waals surface area (Å²) in [6.07, 6.45) is 7.14. The molecule has 1 aromatic carbocycles. The first-order valence-electron chi connectivity index (χ1n) is 7.71. The summed E-state index contributed by atoms with van der Waals surface area (Å²) in [7, 11) is 1.61. The maximum absolute atomic E-state index is 12.2. The Balaban J connectivity index is 2.12. The van der Waals surface area contributed by atoms with E-state index in [4.69, 9.17) is 4.74 Å². The number of amides is 1. The highest BCUT2D eigenvalue weighted by molar-refractivity contribution is 6.01. The van der Waals surface area contributed by atoms with Crippen molar-refractivity contribution in [3.63, 3.8) is 0 Å². The second-order valence-electron chi connectivity index (χ2n) is 5.71. The van der Waals surface area contributed by atoms with Gasteiger partial charge in [0.15, 0.2) is 0 Å². The standard InChI is InChI=1S/C18H22N2O2/c1-13-8-9-14(11-17(13)22-2)10-15(12-19)18(21)20-16-6-4-3-5-7-16/h8-11,16H,3-7H2,1-2H3,(H,20,21)/b15-10+. The predicted octanol–water partition coefficient (Wildman–Crippen LogP) is 3.36. The van der Waals surface area contributed by atoms with Gasteiger partial charge in [-0.3, -0.25) is 4.79 Å². The Hall–Kier alpha value is -2.28. The molecule has 22 heavy (non-hydrogen) atoms. The summed E-state index contributed by atoms with van der Waals surface area (Å²) in [6.45, 7) is 1.95. The number of hydrogen-bond acceptors (Lipinski definition) is 3. The van der Waals surface area contributed by atoms with Gasteiger partial charge in [0, 0.05) is 6.04 Å². The summed E-state index contributed by atoms with van der Waals surface area (Å²) >= 11 is 0. The first kappa shape index (κ1) is 16.1. The number of rotatable bonds is 4. The van der Waals surface area contributed by atoms with Crippen molar-refractivity contribution in [2.45, 2.75) is 45.1 Å². The highest BCUT2D eigenvalue weighted by Crippen LogP contribution is 2.21. The van der Waals surface area contributed by atoms with Crippen molar-refractivity contribution in [2.75, 3.05) is 7.11 Å². The van der Waals surface area contributed by atoms with Gasteiger partial charge >= 0.3 is 0 Å². The number of benzene rings is 1. The van der Waals surface area contributed by atoms with Crippen molar-refractivity contribution in [3.05, 3.63) is 34.9 Å². The first-order valence-corrected chi connectivity index (χ1v) is 7.71. The van der Waals surface area contributed by atoms with Gasteiger partial charge in [-0.05, 0) is 43.0 Å². The third-order valence-electron chi connectivity index (χ3n) is 4.05. The van der Waals surface area contributed by atoms with Gasteiger partial charge in [-0.1, -0.05) is 31.4 Å². The molecule has 0 radical (unpaired) electrons. The van der Waals surface area contributed by atoms with Crippen LogP contribution in [0.4, 0.5) is 0 Å². The number of ether oxygens (including phenoxy) is 1. The number of hydrogen-bond donors (Lipinski definition) is 1. The number of nitrogens with one attached hydrogen (secondary N) is 1. The predicted molar refractivity (Wildman–Crippen MR) is 86.3 cm³/mol. The third kappa shape index (κ3) is 4.11. The van der Waals surface area contributed by atoms with Gasteiger partial charge in [0.05, 0.1) is 7.11 Å². The largest absolute Gasteiger partial charge is 0.496 e. The molecule has 0 atom stereocenters. The Labute approximate surface area is 131 Å². The van der Waals surface area contributed by atoms with Crippen LogP contribution in [0.2, 0.25) is 0 Å². The van der Waals surface area contributed by atoms with Crippen LogP contribution in [-0.4, -0.2) is 19.1 Å². The summed E-state index contributed by atoms with van der Waals surface area (Å²) in [5, 5.41) is 12.2. The molecule has 0 saturated heterocycles. The van der Waals surface area contributed by atoms with Crippen LogP contribution in [-0.2, 0) is 4.79 Å². The third-order valence-corrected chi connectivity index (χ3v) is 4.05. The number of carbonyl (C=O) groups excluding carboxylic acids is 1. The van der Waals surface area contributed by atoms with Crippen LogP contribution in [0.5, 0.6) is 5.75 Å². The smallest absolute Gasteiger partial charge is 0.262 e. The fourth-order valence-electron chi connectivity index (χ4n) is 2.75. The van der Waals surface area contributed by atoms with E-state index in [1.165, 1.54) is 6.42 Å². The van der Waals surface area contributed by atoms with E-state index in [0.717, 1.165) is 42.6 Å². The number of nitrogens with zero attached hydrogens (tertiary/aromatic N) is 1. The second kappa shape index (κ2) is 7.65. The molecule has 4 heteroatoms. The van der Waals surface area contributed by atoms with Gasteiger partial charge in [0.25, 0.3) is 5.91 Å². The molecule has 1 aliphatic carbocycles. The van der Waals surface area contributed by atoms with Gasteiger partial charge in [0.2, 0.25) is 0 Å². The van der Waals surface area contributed by atoms with Crippen molar-refractivity contribution in [1.29, 1.82) is 5.26 Å². The molecule has 1 fully saturated rings. The van der Waals surface area contributed by atoms with Gasteiger partial charge in [0.1, 0.15) is 17.4 Å². The molecule has 0 heterocycles. The van der Waals surface area contributed by atoms with Gasteiger partial charge in [-0.15, -0.1) is 0 Å². The van der Waals surface area contributed by atoms with Crippen molar-refractivity contribution in [2.24, 2.45) is 0 Å². The Bertz CT molecular complexity index is 608. The summed E-state index contributed by atoms with van der Waals surface area (Å²) in [5.74, 6) is 0.465. The van der Waals surface area contributed by atoms with Crippen LogP contribution in [0.15, 0.2) is 23.8 Å². The molecule has 0 unspecified atom stereocenters. The molecule has 0 aromatic heterocycles. The lowest BCUT2D eigenvalue weighted by atomic mass is 9.95. The van der Waals surface area contributed by atoms with Crippen LogP contribution in [0, 0.1) is 18.3 Å². The lowest BCUT2D eigenvalue weighted by molar-refractivity contribution is -0.117. The fraction of sp³-hybridized carbons (Fsp3) is 0.444. The van der Waals surface area contributed by atoms with Crippen molar-refractivity contribution in [3.8, 4) is 11.8 Å². The Morgan fingerprint density at radius 2 is 2.09 bits per heavy atom. The summed E-state index contributed by atoms with van der Waals surface area (Å²) in [6, 6.07) is 7.83. The molecule has 116 valence electrons. The van der Waals surface area contributed by atoms with Gasteiger partial charge < -0.3 is 10.1 Å². The number of aryl methyl sites for hydroxylation is 1. The van der Waals surface area contributed by atoms with E-state index in [2.05, 4.69) is 5.32 Å². The minimum absolute atomic E-state index is 0.136. The maximum atomic E-state index is 12.2. The van der Waals surface area contributed by atoms with Crippen LogP contribution >= 0.6 is 0 Å². The molecule has 0 bridgehead atoms. The minimum atomic E-state index is -0.283. The average Bonchev–Trinajstić information content (AvgIpc) is 2.54. The van der Waals surface area contributed by atoms with E-state index < -0.39 is 0 Å². The lowest BCUT2D eigenvalue weighted by Crippen LogP contribution is -2.36. The fourth-order valence-corrected chi connectivity index (χ4v) is 2.75. The monoisotopic (exact) mass is 298 g/mol. The first-order chi connectivity index (χ1) is 10.6. The van der Waals surface area contributed by atoms with E-state index in [1.807, 2.05) is 31.2 Å². The molecule has 2 rings (SSSR count). The van der Waals surface area contributed by atoms with E-state index in [-0.39, 0.29) is 17.5 Å². The van der Waals surface area contributed by atoms with Crippen molar-refractivity contribution < 1.29 is 9.53 Å². The zero-order chi connectivity index (χ0) is 15.9. The van der Waals surface area contributed by atoms with E-state index in [1.54, 1.807) is 13.2 Å². The molecule has 1 aromatic rings. The number of methoxy groups -OCH3 is 1. The van der Waals surface area contributed by atoms with Gasteiger partial charge in [-0.2, -0.15) is 5.26 Å². The van der Waals surface area contributed by atoms with Crippen LogP contribution in [0.1, 0.15) is 43.2 Å². The Kier molecular flexibility index (Phi) is 5.60. The van der Waals surface area contributed by atoms with E-state index in [0.29, 0.717) is 0 Å². The van der Waals surface area contributed by atoms with Crippen molar-refractivity contribution >= 4 is 12.0 Å². The van der Waals surface area contributed by atoms with Crippen LogP contribution in [0.25, 0.3) is 6.08 Å².